The Morgan fingerprint density at radius 2 is 1.94 bits per heavy atom. The van der Waals surface area contributed by atoms with E-state index in [1.165, 1.54) is 5.56 Å². The Morgan fingerprint density at radius 3 is 2.62 bits per heavy atom. The first-order chi connectivity index (χ1) is 15.5. The number of aliphatic hydroxyl groups is 1. The Balaban J connectivity index is 1.56. The standard InChI is InChI=1S/C26H36N2O4/c1-3-31-23-9-4-5-10-24(23)32-15-6-8-19(2)16-20-17-21-11-13-28(12-7-14-29)25(21)22(18-20)26(27)30/h4-5,9-10,17-19,29H,3,6-8,11-16H2,1-2H3,(H2,27,30)/t19-/m0/s1. The second-order valence-corrected chi connectivity index (χ2v) is 8.51. The van der Waals surface area contributed by atoms with Crippen LogP contribution < -0.4 is 20.1 Å². The molecule has 1 heterocycles. The van der Waals surface area contributed by atoms with Gasteiger partial charge >= 0.3 is 0 Å². The van der Waals surface area contributed by atoms with Crippen LogP contribution in [0.25, 0.3) is 0 Å². The summed E-state index contributed by atoms with van der Waals surface area (Å²) in [5.74, 6) is 1.66. The number of amides is 1. The summed E-state index contributed by atoms with van der Waals surface area (Å²) in [6.07, 6.45) is 4.48. The maximum Gasteiger partial charge on any atom is 0.250 e. The fourth-order valence-corrected chi connectivity index (χ4v) is 4.45. The zero-order chi connectivity index (χ0) is 22.9. The molecule has 0 aliphatic carbocycles. The monoisotopic (exact) mass is 440 g/mol. The summed E-state index contributed by atoms with van der Waals surface area (Å²) in [6, 6.07) is 12.0. The molecule has 6 heteroatoms. The van der Waals surface area contributed by atoms with Gasteiger partial charge in [-0.3, -0.25) is 4.79 Å². The zero-order valence-corrected chi connectivity index (χ0v) is 19.3. The van der Waals surface area contributed by atoms with E-state index >= 15 is 0 Å². The fraction of sp³-hybridized carbons (Fsp3) is 0.500. The van der Waals surface area contributed by atoms with Crippen molar-refractivity contribution in [1.29, 1.82) is 0 Å². The van der Waals surface area contributed by atoms with Crippen molar-refractivity contribution in [2.45, 2.75) is 46.0 Å². The molecule has 0 saturated carbocycles. The van der Waals surface area contributed by atoms with E-state index in [0.29, 0.717) is 31.1 Å². The molecule has 0 radical (unpaired) electrons. The van der Waals surface area contributed by atoms with E-state index in [-0.39, 0.29) is 12.5 Å². The third kappa shape index (κ3) is 6.16. The first-order valence-electron chi connectivity index (χ1n) is 11.7. The summed E-state index contributed by atoms with van der Waals surface area (Å²) < 4.78 is 11.5. The van der Waals surface area contributed by atoms with Gasteiger partial charge in [0.15, 0.2) is 11.5 Å². The number of primary amides is 1. The Labute approximate surface area is 191 Å². The Morgan fingerprint density at radius 1 is 1.19 bits per heavy atom. The summed E-state index contributed by atoms with van der Waals surface area (Å²) in [5.41, 5.74) is 9.65. The lowest BCUT2D eigenvalue weighted by Gasteiger charge is -2.22. The van der Waals surface area contributed by atoms with Gasteiger partial charge in [-0.25, -0.2) is 0 Å². The number of para-hydroxylation sites is 2. The molecule has 3 N–H and O–H groups in total. The van der Waals surface area contributed by atoms with Gasteiger partial charge in [-0.2, -0.15) is 0 Å². The van der Waals surface area contributed by atoms with Gasteiger partial charge in [0.25, 0.3) is 5.91 Å². The van der Waals surface area contributed by atoms with Crippen LogP contribution in [-0.4, -0.2) is 43.9 Å². The number of carbonyl (C=O) groups is 1. The molecule has 0 fully saturated rings. The summed E-state index contributed by atoms with van der Waals surface area (Å²) in [6.45, 7) is 7.22. The molecule has 174 valence electrons. The van der Waals surface area contributed by atoms with Crippen molar-refractivity contribution in [3.05, 3.63) is 53.1 Å². The lowest BCUT2D eigenvalue weighted by molar-refractivity contribution is 0.100. The van der Waals surface area contributed by atoms with E-state index in [9.17, 15) is 4.79 Å². The molecular formula is C26H36N2O4. The number of rotatable bonds is 13. The molecule has 1 amide bonds. The van der Waals surface area contributed by atoms with E-state index in [0.717, 1.165) is 61.5 Å². The lowest BCUT2D eigenvalue weighted by Crippen LogP contribution is -2.25. The smallest absolute Gasteiger partial charge is 0.250 e. The first-order valence-corrected chi connectivity index (χ1v) is 11.7. The number of nitrogens with zero attached hydrogens (tertiary/aromatic N) is 1. The van der Waals surface area contributed by atoms with Gasteiger partial charge in [-0.05, 0) is 74.3 Å². The van der Waals surface area contributed by atoms with Crippen LogP contribution in [0.5, 0.6) is 11.5 Å². The van der Waals surface area contributed by atoms with Gasteiger partial charge < -0.3 is 25.2 Å². The summed E-state index contributed by atoms with van der Waals surface area (Å²) in [4.78, 5) is 14.3. The van der Waals surface area contributed by atoms with Crippen molar-refractivity contribution < 1.29 is 19.4 Å². The maximum absolute atomic E-state index is 12.2. The van der Waals surface area contributed by atoms with Crippen LogP contribution in [0.3, 0.4) is 0 Å². The Hall–Kier alpha value is -2.73. The zero-order valence-electron chi connectivity index (χ0n) is 19.3. The van der Waals surface area contributed by atoms with Crippen LogP contribution in [0, 0.1) is 5.92 Å². The van der Waals surface area contributed by atoms with E-state index < -0.39 is 0 Å². The molecular weight excluding hydrogens is 404 g/mol. The van der Waals surface area contributed by atoms with Crippen molar-refractivity contribution in [3.8, 4) is 11.5 Å². The summed E-state index contributed by atoms with van der Waals surface area (Å²) >= 11 is 0. The molecule has 2 aromatic carbocycles. The Bertz CT molecular complexity index is 899. The predicted molar refractivity (Wildman–Crippen MR) is 128 cm³/mol. The van der Waals surface area contributed by atoms with Crippen LogP contribution in [0.4, 0.5) is 5.69 Å². The normalized spacial score (nSPS) is 13.7. The quantitative estimate of drug-likeness (QED) is 0.461. The van der Waals surface area contributed by atoms with E-state index in [1.807, 2.05) is 37.3 Å². The summed E-state index contributed by atoms with van der Waals surface area (Å²) in [5, 5.41) is 9.15. The molecule has 2 aromatic rings. The third-order valence-corrected chi connectivity index (χ3v) is 5.90. The fourth-order valence-electron chi connectivity index (χ4n) is 4.45. The van der Waals surface area contributed by atoms with Crippen molar-refractivity contribution >= 4 is 11.6 Å². The molecule has 3 rings (SSSR count). The number of nitrogens with two attached hydrogens (primary N) is 1. The molecule has 6 nitrogen and oxygen atoms in total. The molecule has 1 aliphatic rings. The third-order valence-electron chi connectivity index (χ3n) is 5.90. The minimum atomic E-state index is -0.381. The number of hydrogen-bond acceptors (Lipinski definition) is 5. The second-order valence-electron chi connectivity index (χ2n) is 8.51. The van der Waals surface area contributed by atoms with Crippen LogP contribution in [0.2, 0.25) is 0 Å². The van der Waals surface area contributed by atoms with E-state index in [4.69, 9.17) is 20.3 Å². The van der Waals surface area contributed by atoms with Crippen LogP contribution in [0.15, 0.2) is 36.4 Å². The van der Waals surface area contributed by atoms with Crippen LogP contribution in [-0.2, 0) is 12.8 Å². The molecule has 1 atom stereocenters. The average molecular weight is 441 g/mol. The minimum Gasteiger partial charge on any atom is -0.490 e. The number of benzene rings is 2. The van der Waals surface area contributed by atoms with Gasteiger partial charge in [0.1, 0.15) is 0 Å². The van der Waals surface area contributed by atoms with Gasteiger partial charge in [0.05, 0.1) is 24.5 Å². The molecule has 32 heavy (non-hydrogen) atoms. The number of anilines is 1. The minimum absolute atomic E-state index is 0.147. The molecule has 0 aromatic heterocycles. The largest absolute Gasteiger partial charge is 0.490 e. The number of fused-ring (bicyclic) bond motifs is 1. The number of aliphatic hydroxyl groups excluding tert-OH is 1. The van der Waals surface area contributed by atoms with Gasteiger partial charge in [-0.1, -0.05) is 25.1 Å². The van der Waals surface area contributed by atoms with Gasteiger partial charge in [0.2, 0.25) is 0 Å². The van der Waals surface area contributed by atoms with Crippen molar-refractivity contribution in [2.75, 3.05) is 37.8 Å². The first kappa shape index (κ1) is 23.9. The van der Waals surface area contributed by atoms with Crippen molar-refractivity contribution in [2.24, 2.45) is 11.7 Å². The Kier molecular flexibility index (Phi) is 8.80. The van der Waals surface area contributed by atoms with Crippen molar-refractivity contribution in [3.63, 3.8) is 0 Å². The second kappa shape index (κ2) is 11.8. The predicted octanol–water partition coefficient (Wildman–Crippen LogP) is 3.97. The molecule has 0 bridgehead atoms. The summed E-state index contributed by atoms with van der Waals surface area (Å²) in [7, 11) is 0. The highest BCUT2D eigenvalue weighted by molar-refractivity contribution is 6.00. The highest BCUT2D eigenvalue weighted by Crippen LogP contribution is 2.34. The molecule has 0 unspecified atom stereocenters. The topological polar surface area (TPSA) is 85.0 Å². The average Bonchev–Trinajstić information content (AvgIpc) is 3.18. The maximum atomic E-state index is 12.2. The van der Waals surface area contributed by atoms with Gasteiger partial charge in [-0.15, -0.1) is 0 Å². The van der Waals surface area contributed by atoms with Crippen LogP contribution >= 0.6 is 0 Å². The van der Waals surface area contributed by atoms with Gasteiger partial charge in [0, 0.05) is 19.7 Å². The highest BCUT2D eigenvalue weighted by Gasteiger charge is 2.25. The van der Waals surface area contributed by atoms with E-state index in [2.05, 4.69) is 17.9 Å². The SMILES string of the molecule is CCOc1ccccc1OCCC[C@H](C)Cc1cc2c(c(C(N)=O)c1)N(CCCO)CC2. The number of ether oxygens (including phenoxy) is 2. The lowest BCUT2D eigenvalue weighted by atomic mass is 9.93. The van der Waals surface area contributed by atoms with Crippen molar-refractivity contribution in [1.82, 2.24) is 0 Å². The van der Waals surface area contributed by atoms with Crippen LogP contribution in [0.1, 0.15) is 54.6 Å². The number of hydrogen-bond donors (Lipinski definition) is 2. The number of carbonyl (C=O) groups excluding carboxylic acids is 1. The molecule has 0 spiro atoms. The van der Waals surface area contributed by atoms with E-state index in [1.54, 1.807) is 0 Å². The molecule has 0 saturated heterocycles. The molecule has 1 aliphatic heterocycles. The highest BCUT2D eigenvalue weighted by atomic mass is 16.5.